The number of hydrogen-bond donors (Lipinski definition) is 2. The van der Waals surface area contributed by atoms with Gasteiger partial charge in [0.05, 0.1) is 12.1 Å². The summed E-state index contributed by atoms with van der Waals surface area (Å²) in [5.41, 5.74) is 8.13. The van der Waals surface area contributed by atoms with Crippen molar-refractivity contribution in [1.29, 1.82) is 0 Å². The monoisotopic (exact) mass is 264 g/mol. The maximum absolute atomic E-state index is 11.9. The van der Waals surface area contributed by atoms with Crippen molar-refractivity contribution in [2.45, 2.75) is 38.8 Å². The number of carbonyl (C=O) groups excluding carboxylic acids is 1. The summed E-state index contributed by atoms with van der Waals surface area (Å²) in [4.78, 5) is 11.9. The van der Waals surface area contributed by atoms with E-state index in [9.17, 15) is 4.79 Å². The second kappa shape index (κ2) is 7.92. The first-order valence-corrected chi connectivity index (χ1v) is 6.66. The fourth-order valence-corrected chi connectivity index (χ4v) is 1.84. The molecule has 0 saturated heterocycles. The van der Waals surface area contributed by atoms with Gasteiger partial charge < -0.3 is 15.8 Å². The zero-order chi connectivity index (χ0) is 14.3. The molecule has 4 heteroatoms. The molecule has 106 valence electrons. The van der Waals surface area contributed by atoms with Gasteiger partial charge in [-0.1, -0.05) is 29.8 Å². The third-order valence-electron chi connectivity index (χ3n) is 3.14. The van der Waals surface area contributed by atoms with Crippen LogP contribution in [0.5, 0.6) is 0 Å². The van der Waals surface area contributed by atoms with Gasteiger partial charge in [0.1, 0.15) is 0 Å². The lowest BCUT2D eigenvalue weighted by atomic mass is 10.1. The highest BCUT2D eigenvalue weighted by molar-refractivity contribution is 5.81. The van der Waals surface area contributed by atoms with Gasteiger partial charge >= 0.3 is 0 Å². The molecule has 19 heavy (non-hydrogen) atoms. The highest BCUT2D eigenvalue weighted by Gasteiger charge is 2.16. The first-order valence-electron chi connectivity index (χ1n) is 6.66. The summed E-state index contributed by atoms with van der Waals surface area (Å²) >= 11 is 0. The molecule has 0 aliphatic heterocycles. The lowest BCUT2D eigenvalue weighted by Gasteiger charge is -2.18. The quantitative estimate of drug-likeness (QED) is 0.740. The zero-order valence-corrected chi connectivity index (χ0v) is 12.0. The van der Waals surface area contributed by atoms with E-state index >= 15 is 0 Å². The molecule has 0 aromatic heterocycles. The second-order valence-electron chi connectivity index (χ2n) is 4.88. The molecule has 0 aliphatic rings. The number of benzene rings is 1. The van der Waals surface area contributed by atoms with Crippen molar-refractivity contribution in [2.75, 3.05) is 13.7 Å². The minimum atomic E-state index is -0.469. The predicted molar refractivity (Wildman–Crippen MR) is 76.8 cm³/mol. The molecule has 1 amide bonds. The van der Waals surface area contributed by atoms with Crippen LogP contribution in [0.1, 0.15) is 36.9 Å². The number of amides is 1. The van der Waals surface area contributed by atoms with Crippen LogP contribution in [0.25, 0.3) is 0 Å². The smallest absolute Gasteiger partial charge is 0.237 e. The standard InChI is InChI=1S/C15H24N2O2/c1-11-6-8-13(9-7-11)12(2)17-15(18)14(16)5-4-10-19-3/h6-9,12,14H,4-5,10,16H2,1-3H3,(H,17,18). The van der Waals surface area contributed by atoms with Gasteiger partial charge in [0.25, 0.3) is 0 Å². The van der Waals surface area contributed by atoms with Crippen LogP contribution in [0.2, 0.25) is 0 Å². The summed E-state index contributed by atoms with van der Waals surface area (Å²) in [6, 6.07) is 7.63. The van der Waals surface area contributed by atoms with Gasteiger partial charge in [-0.2, -0.15) is 0 Å². The maximum Gasteiger partial charge on any atom is 0.237 e. The molecule has 1 aromatic carbocycles. The summed E-state index contributed by atoms with van der Waals surface area (Å²) in [5, 5.41) is 2.94. The van der Waals surface area contributed by atoms with E-state index in [0.717, 1.165) is 12.0 Å². The van der Waals surface area contributed by atoms with Gasteiger partial charge in [0.2, 0.25) is 5.91 Å². The largest absolute Gasteiger partial charge is 0.385 e. The molecule has 0 bridgehead atoms. The van der Waals surface area contributed by atoms with E-state index in [1.54, 1.807) is 7.11 Å². The molecule has 0 radical (unpaired) electrons. The number of ether oxygens (including phenoxy) is 1. The van der Waals surface area contributed by atoms with Crippen LogP contribution >= 0.6 is 0 Å². The van der Waals surface area contributed by atoms with Crippen LogP contribution in [0.4, 0.5) is 0 Å². The van der Waals surface area contributed by atoms with Gasteiger partial charge in [0.15, 0.2) is 0 Å². The third kappa shape index (κ3) is 5.41. The Kier molecular flexibility index (Phi) is 6.53. The molecule has 2 atom stereocenters. The minimum absolute atomic E-state index is 0.0263. The van der Waals surface area contributed by atoms with Crippen molar-refractivity contribution >= 4 is 5.91 Å². The minimum Gasteiger partial charge on any atom is -0.385 e. The molecule has 4 nitrogen and oxygen atoms in total. The van der Waals surface area contributed by atoms with Crippen LogP contribution < -0.4 is 11.1 Å². The van der Waals surface area contributed by atoms with E-state index in [2.05, 4.69) is 5.32 Å². The van der Waals surface area contributed by atoms with Crippen molar-refractivity contribution in [2.24, 2.45) is 5.73 Å². The first kappa shape index (κ1) is 15.7. The number of methoxy groups -OCH3 is 1. The van der Waals surface area contributed by atoms with Crippen LogP contribution in [0, 0.1) is 6.92 Å². The Morgan fingerprint density at radius 1 is 1.37 bits per heavy atom. The molecule has 0 saturated carbocycles. The molecule has 3 N–H and O–H groups in total. The van der Waals surface area contributed by atoms with E-state index in [1.807, 2.05) is 38.1 Å². The van der Waals surface area contributed by atoms with E-state index in [4.69, 9.17) is 10.5 Å². The second-order valence-corrected chi connectivity index (χ2v) is 4.88. The highest BCUT2D eigenvalue weighted by Crippen LogP contribution is 2.13. The predicted octanol–water partition coefficient (Wildman–Crippen LogP) is 1.93. The number of rotatable bonds is 7. The topological polar surface area (TPSA) is 64.3 Å². The molecule has 0 heterocycles. The number of nitrogens with two attached hydrogens (primary N) is 1. The lowest BCUT2D eigenvalue weighted by molar-refractivity contribution is -0.123. The summed E-state index contributed by atoms with van der Waals surface area (Å²) < 4.78 is 4.95. The van der Waals surface area contributed by atoms with Gasteiger partial charge in [-0.3, -0.25) is 4.79 Å². The molecule has 1 rings (SSSR count). The van der Waals surface area contributed by atoms with Crippen molar-refractivity contribution in [3.05, 3.63) is 35.4 Å². The normalized spacial score (nSPS) is 13.9. The Bertz CT molecular complexity index is 390. The fraction of sp³-hybridized carbons (Fsp3) is 0.533. The van der Waals surface area contributed by atoms with Gasteiger partial charge in [-0.05, 0) is 32.3 Å². The molecule has 0 fully saturated rings. The summed E-state index contributed by atoms with van der Waals surface area (Å²) in [6.45, 7) is 4.64. The average Bonchev–Trinajstić information content (AvgIpc) is 2.39. The first-order chi connectivity index (χ1) is 9.04. The van der Waals surface area contributed by atoms with Gasteiger partial charge in [0, 0.05) is 13.7 Å². The molecule has 2 unspecified atom stereocenters. The molecule has 1 aromatic rings. The Hall–Kier alpha value is -1.39. The number of aryl methyl sites for hydroxylation is 1. The molecular formula is C15H24N2O2. The summed E-state index contributed by atoms with van der Waals surface area (Å²) in [6.07, 6.45) is 1.43. The van der Waals surface area contributed by atoms with Crippen LogP contribution in [-0.4, -0.2) is 25.7 Å². The Morgan fingerprint density at radius 2 is 2.00 bits per heavy atom. The number of nitrogens with one attached hydrogen (secondary N) is 1. The maximum atomic E-state index is 11.9. The van der Waals surface area contributed by atoms with Gasteiger partial charge in [-0.25, -0.2) is 0 Å². The van der Waals surface area contributed by atoms with Crippen molar-refractivity contribution < 1.29 is 9.53 Å². The van der Waals surface area contributed by atoms with Crippen molar-refractivity contribution in [3.8, 4) is 0 Å². The summed E-state index contributed by atoms with van der Waals surface area (Å²) in [5.74, 6) is -0.107. The van der Waals surface area contributed by atoms with Crippen LogP contribution in [0.15, 0.2) is 24.3 Å². The SMILES string of the molecule is COCCCC(N)C(=O)NC(C)c1ccc(C)cc1. The molecular weight excluding hydrogens is 240 g/mol. The third-order valence-corrected chi connectivity index (χ3v) is 3.14. The van der Waals surface area contributed by atoms with E-state index in [1.165, 1.54) is 5.56 Å². The molecule has 0 spiro atoms. The lowest BCUT2D eigenvalue weighted by Crippen LogP contribution is -2.41. The van der Waals surface area contributed by atoms with Gasteiger partial charge in [-0.15, -0.1) is 0 Å². The Morgan fingerprint density at radius 3 is 2.58 bits per heavy atom. The summed E-state index contributed by atoms with van der Waals surface area (Å²) in [7, 11) is 1.64. The van der Waals surface area contributed by atoms with Crippen molar-refractivity contribution in [3.63, 3.8) is 0 Å². The van der Waals surface area contributed by atoms with Crippen LogP contribution in [-0.2, 0) is 9.53 Å². The fourth-order valence-electron chi connectivity index (χ4n) is 1.84. The van der Waals surface area contributed by atoms with E-state index in [0.29, 0.717) is 13.0 Å². The average molecular weight is 264 g/mol. The van der Waals surface area contributed by atoms with E-state index < -0.39 is 6.04 Å². The Balaban J connectivity index is 2.44. The number of carbonyl (C=O) groups is 1. The zero-order valence-electron chi connectivity index (χ0n) is 12.0. The number of hydrogen-bond acceptors (Lipinski definition) is 3. The molecule has 0 aliphatic carbocycles. The van der Waals surface area contributed by atoms with E-state index in [-0.39, 0.29) is 11.9 Å². The van der Waals surface area contributed by atoms with Crippen LogP contribution in [0.3, 0.4) is 0 Å². The highest BCUT2D eigenvalue weighted by atomic mass is 16.5. The Labute approximate surface area is 115 Å². The van der Waals surface area contributed by atoms with Crippen molar-refractivity contribution in [1.82, 2.24) is 5.32 Å².